The lowest BCUT2D eigenvalue weighted by Gasteiger charge is -2.21. The fraction of sp³-hybridized carbons (Fsp3) is 0.750. The lowest BCUT2D eigenvalue weighted by Crippen LogP contribution is -2.20. The third-order valence-electron chi connectivity index (χ3n) is 3.05. The first-order valence-electron chi connectivity index (χ1n) is 6.22. The van der Waals surface area contributed by atoms with Gasteiger partial charge >= 0.3 is 0 Å². The van der Waals surface area contributed by atoms with Gasteiger partial charge in [0.25, 0.3) is 0 Å². The standard InChI is InChI=1S/C12H19N3O2/c1-15-9-10(13-14-15)8-11(16)5-6-12-4-2-3-7-17-12/h9,12H,2-8H2,1H3. The minimum atomic E-state index is 0.222. The average molecular weight is 237 g/mol. The number of aromatic nitrogens is 3. The molecule has 1 aliphatic heterocycles. The lowest BCUT2D eigenvalue weighted by atomic mass is 10.0. The van der Waals surface area contributed by atoms with Gasteiger partial charge in [-0.1, -0.05) is 5.21 Å². The zero-order chi connectivity index (χ0) is 12.1. The molecule has 2 heterocycles. The number of nitrogens with zero attached hydrogens (tertiary/aromatic N) is 3. The molecule has 0 N–H and O–H groups in total. The van der Waals surface area contributed by atoms with Gasteiger partial charge in [0.15, 0.2) is 0 Å². The Morgan fingerprint density at radius 3 is 3.12 bits per heavy atom. The summed E-state index contributed by atoms with van der Waals surface area (Å²) < 4.78 is 7.22. The van der Waals surface area contributed by atoms with Crippen LogP contribution in [0.25, 0.3) is 0 Å². The summed E-state index contributed by atoms with van der Waals surface area (Å²) in [6.45, 7) is 0.850. The van der Waals surface area contributed by atoms with Gasteiger partial charge in [0.2, 0.25) is 0 Å². The van der Waals surface area contributed by atoms with Gasteiger partial charge in [-0.25, -0.2) is 0 Å². The molecule has 1 aromatic heterocycles. The zero-order valence-electron chi connectivity index (χ0n) is 10.3. The number of Topliss-reactive ketones (excluding diaryl/α,β-unsaturated/α-hetero) is 1. The summed E-state index contributed by atoms with van der Waals surface area (Å²) in [6.07, 6.45) is 7.37. The van der Waals surface area contributed by atoms with E-state index < -0.39 is 0 Å². The Bertz CT molecular complexity index is 370. The molecular weight excluding hydrogens is 218 g/mol. The van der Waals surface area contributed by atoms with E-state index in [9.17, 15) is 4.79 Å². The molecule has 0 aromatic carbocycles. The summed E-state index contributed by atoms with van der Waals surface area (Å²) in [5.41, 5.74) is 0.752. The van der Waals surface area contributed by atoms with Gasteiger partial charge in [-0.15, -0.1) is 5.10 Å². The number of aryl methyl sites for hydroxylation is 1. The maximum atomic E-state index is 11.7. The van der Waals surface area contributed by atoms with Crippen LogP contribution in [0.2, 0.25) is 0 Å². The van der Waals surface area contributed by atoms with Crippen molar-refractivity contribution in [2.75, 3.05) is 6.61 Å². The van der Waals surface area contributed by atoms with Crippen LogP contribution >= 0.6 is 0 Å². The van der Waals surface area contributed by atoms with Crippen LogP contribution in [0, 0.1) is 0 Å². The van der Waals surface area contributed by atoms with Crippen LogP contribution in [0.4, 0.5) is 0 Å². The van der Waals surface area contributed by atoms with Crippen molar-refractivity contribution in [3.05, 3.63) is 11.9 Å². The predicted molar refractivity (Wildman–Crippen MR) is 62.5 cm³/mol. The summed E-state index contributed by atoms with van der Waals surface area (Å²) in [4.78, 5) is 11.7. The van der Waals surface area contributed by atoms with Crippen molar-refractivity contribution in [2.24, 2.45) is 7.05 Å². The van der Waals surface area contributed by atoms with Crippen molar-refractivity contribution in [3.63, 3.8) is 0 Å². The number of carbonyl (C=O) groups excluding carboxylic acids is 1. The number of ketones is 1. The molecule has 0 radical (unpaired) electrons. The molecule has 94 valence electrons. The van der Waals surface area contributed by atoms with Crippen molar-refractivity contribution in [2.45, 2.75) is 44.6 Å². The third-order valence-corrected chi connectivity index (χ3v) is 3.05. The van der Waals surface area contributed by atoms with Gasteiger partial charge in [-0.2, -0.15) is 0 Å². The third kappa shape index (κ3) is 3.93. The highest BCUT2D eigenvalue weighted by molar-refractivity contribution is 5.80. The van der Waals surface area contributed by atoms with E-state index in [2.05, 4.69) is 10.3 Å². The predicted octanol–water partition coefficient (Wildman–Crippen LogP) is 1.28. The van der Waals surface area contributed by atoms with E-state index in [4.69, 9.17) is 4.74 Å². The molecule has 0 aliphatic carbocycles. The van der Waals surface area contributed by atoms with Gasteiger partial charge in [-0.3, -0.25) is 9.48 Å². The summed E-state index contributed by atoms with van der Waals surface area (Å²) in [5, 5.41) is 7.72. The molecule has 17 heavy (non-hydrogen) atoms. The van der Waals surface area contributed by atoms with Crippen LogP contribution in [0.5, 0.6) is 0 Å². The van der Waals surface area contributed by atoms with Crippen LogP contribution in [0.1, 0.15) is 37.8 Å². The van der Waals surface area contributed by atoms with Crippen LogP contribution in [0.3, 0.4) is 0 Å². The van der Waals surface area contributed by atoms with Crippen molar-refractivity contribution >= 4 is 5.78 Å². The van der Waals surface area contributed by atoms with Crippen molar-refractivity contribution in [3.8, 4) is 0 Å². The molecule has 0 spiro atoms. The second-order valence-corrected chi connectivity index (χ2v) is 4.63. The minimum Gasteiger partial charge on any atom is -0.378 e. The SMILES string of the molecule is Cn1cc(CC(=O)CCC2CCCCO2)nn1. The van der Waals surface area contributed by atoms with Crippen LogP contribution < -0.4 is 0 Å². The molecular formula is C12H19N3O2. The maximum absolute atomic E-state index is 11.7. The average Bonchev–Trinajstić information content (AvgIpc) is 2.73. The second-order valence-electron chi connectivity index (χ2n) is 4.63. The van der Waals surface area contributed by atoms with Crippen LogP contribution in [0.15, 0.2) is 6.20 Å². The summed E-state index contributed by atoms with van der Waals surface area (Å²) in [5.74, 6) is 0.222. The molecule has 5 nitrogen and oxygen atoms in total. The molecule has 1 aliphatic rings. The molecule has 1 fully saturated rings. The van der Waals surface area contributed by atoms with Crippen molar-refractivity contribution in [1.82, 2.24) is 15.0 Å². The largest absolute Gasteiger partial charge is 0.378 e. The van der Waals surface area contributed by atoms with Crippen molar-refractivity contribution in [1.29, 1.82) is 0 Å². The van der Waals surface area contributed by atoms with Gasteiger partial charge in [0, 0.05) is 26.3 Å². The molecule has 0 saturated carbocycles. The number of rotatable bonds is 5. The highest BCUT2D eigenvalue weighted by atomic mass is 16.5. The Hall–Kier alpha value is -1.23. The smallest absolute Gasteiger partial charge is 0.139 e. The summed E-state index contributed by atoms with van der Waals surface area (Å²) >= 11 is 0. The fourth-order valence-corrected chi connectivity index (χ4v) is 2.12. The Labute approximate surface area is 101 Å². The lowest BCUT2D eigenvalue weighted by molar-refractivity contribution is -0.119. The normalized spacial score (nSPS) is 20.4. The number of carbonyl (C=O) groups is 1. The molecule has 0 bridgehead atoms. The number of hydrogen-bond acceptors (Lipinski definition) is 4. The van der Waals surface area contributed by atoms with Crippen molar-refractivity contribution < 1.29 is 9.53 Å². The van der Waals surface area contributed by atoms with E-state index in [1.165, 1.54) is 6.42 Å². The first-order chi connectivity index (χ1) is 8.24. The summed E-state index contributed by atoms with van der Waals surface area (Å²) in [6, 6.07) is 0. The van der Waals surface area contributed by atoms with E-state index in [0.717, 1.165) is 31.6 Å². The monoisotopic (exact) mass is 237 g/mol. The molecule has 0 amide bonds. The first-order valence-corrected chi connectivity index (χ1v) is 6.22. The fourth-order valence-electron chi connectivity index (χ4n) is 2.12. The quantitative estimate of drug-likeness (QED) is 0.774. The van der Waals surface area contributed by atoms with Gasteiger partial charge < -0.3 is 4.74 Å². The van der Waals surface area contributed by atoms with E-state index in [-0.39, 0.29) is 11.9 Å². The Morgan fingerprint density at radius 1 is 1.59 bits per heavy atom. The topological polar surface area (TPSA) is 57.0 Å². The van der Waals surface area contributed by atoms with Crippen LogP contribution in [-0.2, 0) is 23.0 Å². The first kappa shape index (κ1) is 12.2. The zero-order valence-corrected chi connectivity index (χ0v) is 10.3. The molecule has 1 aromatic rings. The number of ether oxygens (including phenoxy) is 1. The van der Waals surface area contributed by atoms with E-state index in [0.29, 0.717) is 12.8 Å². The molecule has 1 unspecified atom stereocenters. The van der Waals surface area contributed by atoms with Gasteiger partial charge in [0.05, 0.1) is 18.2 Å². The minimum absolute atomic E-state index is 0.222. The Morgan fingerprint density at radius 2 is 2.47 bits per heavy atom. The summed E-state index contributed by atoms with van der Waals surface area (Å²) in [7, 11) is 1.80. The molecule has 1 atom stereocenters. The van der Waals surface area contributed by atoms with Crippen LogP contribution in [-0.4, -0.2) is 33.5 Å². The highest BCUT2D eigenvalue weighted by Crippen LogP contribution is 2.17. The van der Waals surface area contributed by atoms with E-state index in [1.54, 1.807) is 17.9 Å². The number of hydrogen-bond donors (Lipinski definition) is 0. The maximum Gasteiger partial charge on any atom is 0.139 e. The van der Waals surface area contributed by atoms with E-state index in [1.807, 2.05) is 0 Å². The van der Waals surface area contributed by atoms with Gasteiger partial charge in [0.1, 0.15) is 5.78 Å². The molecule has 5 heteroatoms. The van der Waals surface area contributed by atoms with E-state index >= 15 is 0 Å². The van der Waals surface area contributed by atoms with Gasteiger partial charge in [-0.05, 0) is 25.7 Å². The second kappa shape index (κ2) is 5.91. The molecule has 1 saturated heterocycles. The Balaban J connectivity index is 1.70. The highest BCUT2D eigenvalue weighted by Gasteiger charge is 2.15. The Kier molecular flexibility index (Phi) is 4.25. The molecule has 2 rings (SSSR count).